The Labute approximate surface area is 125 Å². The molecule has 3 atom stereocenters. The van der Waals surface area contributed by atoms with Crippen LogP contribution in [-0.2, 0) is 9.59 Å². The highest BCUT2D eigenvalue weighted by molar-refractivity contribution is 5.83. The van der Waals surface area contributed by atoms with E-state index in [-0.39, 0.29) is 23.9 Å². The van der Waals surface area contributed by atoms with E-state index in [0.29, 0.717) is 18.4 Å². The van der Waals surface area contributed by atoms with Crippen LogP contribution in [0.25, 0.3) is 0 Å². The summed E-state index contributed by atoms with van der Waals surface area (Å²) in [5.74, 6) is 1.15. The minimum absolute atomic E-state index is 0.0150. The van der Waals surface area contributed by atoms with Crippen LogP contribution in [0.1, 0.15) is 32.1 Å². The van der Waals surface area contributed by atoms with Gasteiger partial charge in [0.05, 0.1) is 12.6 Å². The first kappa shape index (κ1) is 14.8. The van der Waals surface area contributed by atoms with E-state index in [4.69, 9.17) is 5.73 Å². The van der Waals surface area contributed by atoms with Crippen molar-refractivity contribution < 1.29 is 9.59 Å². The summed E-state index contributed by atoms with van der Waals surface area (Å²) in [7, 11) is 0. The van der Waals surface area contributed by atoms with Gasteiger partial charge in [-0.3, -0.25) is 14.5 Å². The second-order valence-electron chi connectivity index (χ2n) is 6.77. The Hall–Kier alpha value is -1.14. The molecule has 0 radical (unpaired) electrons. The molecular formula is C15H26N4O2. The zero-order valence-electron chi connectivity index (χ0n) is 12.5. The predicted octanol–water partition coefficient (Wildman–Crippen LogP) is -0.560. The van der Waals surface area contributed by atoms with Crippen LogP contribution in [0.15, 0.2) is 0 Å². The van der Waals surface area contributed by atoms with Gasteiger partial charge < -0.3 is 16.4 Å². The summed E-state index contributed by atoms with van der Waals surface area (Å²) in [5, 5.41) is 6.60. The van der Waals surface area contributed by atoms with Crippen molar-refractivity contribution in [1.29, 1.82) is 0 Å². The summed E-state index contributed by atoms with van der Waals surface area (Å²) in [5.41, 5.74) is 5.21. The highest BCUT2D eigenvalue weighted by Crippen LogP contribution is 2.37. The first-order valence-electron chi connectivity index (χ1n) is 8.18. The monoisotopic (exact) mass is 294 g/mol. The largest absolute Gasteiger partial charge is 0.369 e. The molecule has 118 valence electrons. The Morgan fingerprint density at radius 3 is 2.67 bits per heavy atom. The van der Waals surface area contributed by atoms with Gasteiger partial charge in [0.15, 0.2) is 0 Å². The van der Waals surface area contributed by atoms with Crippen LogP contribution in [0, 0.1) is 11.8 Å². The van der Waals surface area contributed by atoms with E-state index in [1.807, 2.05) is 0 Å². The maximum Gasteiger partial charge on any atom is 0.237 e. The van der Waals surface area contributed by atoms with Gasteiger partial charge in [-0.25, -0.2) is 0 Å². The number of nitrogens with zero attached hydrogens (tertiary/aromatic N) is 1. The zero-order valence-corrected chi connectivity index (χ0v) is 12.5. The van der Waals surface area contributed by atoms with E-state index < -0.39 is 0 Å². The standard InChI is InChI=1S/C15H26N4O2/c16-13(20)9-19-6-4-11(5-7-19)18-15(21)14-12-3-1-2-10(12)8-17-14/h10-12,14,17H,1-9H2,(H2,16,20)(H,18,21). The summed E-state index contributed by atoms with van der Waals surface area (Å²) in [4.78, 5) is 25.4. The van der Waals surface area contributed by atoms with Crippen LogP contribution < -0.4 is 16.4 Å². The van der Waals surface area contributed by atoms with Gasteiger partial charge in [-0.05, 0) is 44.1 Å². The molecule has 0 aromatic rings. The van der Waals surface area contributed by atoms with Crippen LogP contribution in [0.5, 0.6) is 0 Å². The number of hydrogen-bond acceptors (Lipinski definition) is 4. The van der Waals surface area contributed by atoms with Crippen LogP contribution in [0.2, 0.25) is 0 Å². The first-order valence-corrected chi connectivity index (χ1v) is 8.18. The summed E-state index contributed by atoms with van der Waals surface area (Å²) >= 11 is 0. The van der Waals surface area contributed by atoms with Crippen molar-refractivity contribution in [3.63, 3.8) is 0 Å². The number of fused-ring (bicyclic) bond motifs is 1. The van der Waals surface area contributed by atoms with E-state index >= 15 is 0 Å². The molecule has 2 saturated heterocycles. The summed E-state index contributed by atoms with van der Waals surface area (Å²) in [6, 6.07) is 0.255. The van der Waals surface area contributed by atoms with Gasteiger partial charge in [0.2, 0.25) is 11.8 Å². The maximum atomic E-state index is 12.5. The molecule has 6 heteroatoms. The molecule has 21 heavy (non-hydrogen) atoms. The summed E-state index contributed by atoms with van der Waals surface area (Å²) < 4.78 is 0. The van der Waals surface area contributed by atoms with Crippen molar-refractivity contribution in [2.24, 2.45) is 17.6 Å². The maximum absolute atomic E-state index is 12.5. The smallest absolute Gasteiger partial charge is 0.237 e. The topological polar surface area (TPSA) is 87.5 Å². The van der Waals surface area contributed by atoms with Crippen LogP contribution in [0.3, 0.4) is 0 Å². The van der Waals surface area contributed by atoms with Gasteiger partial charge in [0.1, 0.15) is 0 Å². The number of likely N-dealkylation sites (tertiary alicyclic amines) is 1. The number of nitrogens with one attached hydrogen (secondary N) is 2. The van der Waals surface area contributed by atoms with E-state index in [1.54, 1.807) is 0 Å². The fourth-order valence-electron chi connectivity index (χ4n) is 4.22. The normalized spacial score (nSPS) is 33.8. The number of piperidine rings is 1. The number of rotatable bonds is 4. The minimum atomic E-state index is -0.278. The van der Waals surface area contributed by atoms with E-state index in [0.717, 1.165) is 32.5 Å². The van der Waals surface area contributed by atoms with Crippen LogP contribution in [0.4, 0.5) is 0 Å². The lowest BCUT2D eigenvalue weighted by Crippen LogP contribution is -2.51. The minimum Gasteiger partial charge on any atom is -0.369 e. The Kier molecular flexibility index (Phi) is 4.45. The predicted molar refractivity (Wildman–Crippen MR) is 79.4 cm³/mol. The molecule has 2 heterocycles. The van der Waals surface area contributed by atoms with E-state index in [1.165, 1.54) is 19.3 Å². The molecule has 1 aliphatic carbocycles. The third kappa shape index (κ3) is 3.37. The van der Waals surface area contributed by atoms with Gasteiger partial charge in [0.25, 0.3) is 0 Å². The molecule has 0 aromatic carbocycles. The average Bonchev–Trinajstić information content (AvgIpc) is 3.02. The van der Waals surface area contributed by atoms with Gasteiger partial charge in [0, 0.05) is 19.1 Å². The van der Waals surface area contributed by atoms with Crippen molar-refractivity contribution in [2.45, 2.75) is 44.2 Å². The van der Waals surface area contributed by atoms with Gasteiger partial charge in [-0.15, -0.1) is 0 Å². The Morgan fingerprint density at radius 2 is 1.95 bits per heavy atom. The quantitative estimate of drug-likeness (QED) is 0.649. The molecular weight excluding hydrogens is 268 g/mol. The molecule has 2 aliphatic heterocycles. The summed E-state index contributed by atoms with van der Waals surface area (Å²) in [6.07, 6.45) is 5.53. The Bertz CT molecular complexity index is 406. The number of primary amides is 1. The van der Waals surface area contributed by atoms with Crippen molar-refractivity contribution in [3.8, 4) is 0 Å². The van der Waals surface area contributed by atoms with Crippen molar-refractivity contribution >= 4 is 11.8 Å². The van der Waals surface area contributed by atoms with E-state index in [2.05, 4.69) is 15.5 Å². The SMILES string of the molecule is NC(=O)CN1CCC(NC(=O)C2NCC3CCCC32)CC1. The molecule has 3 fully saturated rings. The third-order valence-electron chi connectivity index (χ3n) is 5.34. The van der Waals surface area contributed by atoms with E-state index in [9.17, 15) is 9.59 Å². The molecule has 3 aliphatic rings. The lowest BCUT2D eigenvalue weighted by molar-refractivity contribution is -0.125. The highest BCUT2D eigenvalue weighted by atomic mass is 16.2. The molecule has 3 rings (SSSR count). The first-order chi connectivity index (χ1) is 10.1. The molecule has 2 amide bonds. The number of hydrogen-bond donors (Lipinski definition) is 3. The summed E-state index contributed by atoms with van der Waals surface area (Å²) in [6.45, 7) is 2.99. The van der Waals surface area contributed by atoms with Gasteiger partial charge in [-0.1, -0.05) is 6.42 Å². The number of carbonyl (C=O) groups excluding carboxylic acids is 2. The van der Waals surface area contributed by atoms with Crippen LogP contribution >= 0.6 is 0 Å². The van der Waals surface area contributed by atoms with Crippen LogP contribution in [-0.4, -0.2) is 55.0 Å². The lowest BCUT2D eigenvalue weighted by Gasteiger charge is -2.32. The lowest BCUT2D eigenvalue weighted by atomic mass is 9.93. The molecule has 6 nitrogen and oxygen atoms in total. The number of nitrogens with two attached hydrogens (primary N) is 1. The fourth-order valence-corrected chi connectivity index (χ4v) is 4.22. The molecule has 3 unspecified atom stereocenters. The molecule has 1 saturated carbocycles. The Balaban J connectivity index is 1.45. The Morgan fingerprint density at radius 1 is 1.19 bits per heavy atom. The van der Waals surface area contributed by atoms with Gasteiger partial charge >= 0.3 is 0 Å². The number of carbonyl (C=O) groups is 2. The fraction of sp³-hybridized carbons (Fsp3) is 0.867. The molecule has 0 spiro atoms. The second-order valence-corrected chi connectivity index (χ2v) is 6.77. The second kappa shape index (κ2) is 6.32. The average molecular weight is 294 g/mol. The molecule has 0 bridgehead atoms. The zero-order chi connectivity index (χ0) is 14.8. The van der Waals surface area contributed by atoms with Crippen molar-refractivity contribution in [2.75, 3.05) is 26.2 Å². The molecule has 0 aromatic heterocycles. The van der Waals surface area contributed by atoms with Crippen molar-refractivity contribution in [3.05, 3.63) is 0 Å². The van der Waals surface area contributed by atoms with Gasteiger partial charge in [-0.2, -0.15) is 0 Å². The number of amides is 2. The van der Waals surface area contributed by atoms with Crippen molar-refractivity contribution in [1.82, 2.24) is 15.5 Å². The third-order valence-corrected chi connectivity index (χ3v) is 5.34. The highest BCUT2D eigenvalue weighted by Gasteiger charge is 2.42. The molecule has 4 N–H and O–H groups in total.